The quantitative estimate of drug-likeness (QED) is 0.543. The molecule has 2 rings (SSSR count). The van der Waals surface area contributed by atoms with Crippen molar-refractivity contribution in [1.82, 2.24) is 0 Å². The number of hydrogen-bond acceptors (Lipinski definition) is 5. The van der Waals surface area contributed by atoms with Gasteiger partial charge in [0.1, 0.15) is 5.60 Å². The van der Waals surface area contributed by atoms with Crippen molar-refractivity contribution < 1.29 is 25.3 Å². The number of rotatable bonds is 4. The van der Waals surface area contributed by atoms with Crippen LogP contribution in [-0.2, 0) is 0 Å². The molecule has 5 N–H and O–H groups in total. The third kappa shape index (κ3) is 5.44. The van der Waals surface area contributed by atoms with Gasteiger partial charge in [0.15, 0.2) is 0 Å². The van der Waals surface area contributed by atoms with Crippen molar-refractivity contribution in [2.75, 3.05) is 0 Å². The summed E-state index contributed by atoms with van der Waals surface area (Å²) >= 11 is 0. The topological polar surface area (TPSA) is 101 Å². The highest BCUT2D eigenvalue weighted by Gasteiger charge is 2.45. The Labute approximate surface area is 143 Å². The molecule has 1 unspecified atom stereocenters. The Balaban J connectivity index is 0.000000648. The lowest BCUT2D eigenvalue weighted by Crippen LogP contribution is -2.52. The maximum atomic E-state index is 11.0. The van der Waals surface area contributed by atoms with Gasteiger partial charge >= 0.3 is 7.32 Å². The van der Waals surface area contributed by atoms with Crippen LogP contribution in [0.5, 0.6) is 0 Å². The molecule has 2 aromatic rings. The summed E-state index contributed by atoms with van der Waals surface area (Å²) in [5, 5.41) is 42.9. The van der Waals surface area contributed by atoms with Gasteiger partial charge in [0.25, 0.3) is 0 Å². The van der Waals surface area contributed by atoms with Crippen molar-refractivity contribution in [3.05, 3.63) is 71.8 Å². The molecule has 6 heteroatoms. The first kappa shape index (κ1) is 20.3. The summed E-state index contributed by atoms with van der Waals surface area (Å²) in [6.45, 7) is 4.98. The first-order valence-electron chi connectivity index (χ1n) is 7.66. The van der Waals surface area contributed by atoms with E-state index in [0.29, 0.717) is 0 Å². The van der Waals surface area contributed by atoms with Crippen LogP contribution < -0.4 is 0 Å². The Bertz CT molecular complexity index is 552. The average Bonchev–Trinajstić information content (AvgIpc) is 2.47. The Morgan fingerprint density at radius 1 is 0.708 bits per heavy atom. The lowest BCUT2D eigenvalue weighted by Gasteiger charge is -2.42. The molecule has 0 amide bonds. The van der Waals surface area contributed by atoms with Gasteiger partial charge < -0.3 is 25.3 Å². The van der Waals surface area contributed by atoms with Crippen LogP contribution in [0.4, 0.5) is 0 Å². The summed E-state index contributed by atoms with van der Waals surface area (Å²) in [5.41, 5.74) is -0.518. The highest BCUT2D eigenvalue weighted by molar-refractivity contribution is 6.30. The second-order valence-electron chi connectivity index (χ2n) is 6.31. The first-order valence-corrected chi connectivity index (χ1v) is 7.66. The predicted molar refractivity (Wildman–Crippen MR) is 94.1 cm³/mol. The molecule has 5 nitrogen and oxygen atoms in total. The van der Waals surface area contributed by atoms with E-state index >= 15 is 0 Å². The van der Waals surface area contributed by atoms with Crippen molar-refractivity contribution in [2.24, 2.45) is 0 Å². The predicted octanol–water partition coefficient (Wildman–Crippen LogP) is 1.29. The van der Waals surface area contributed by atoms with E-state index in [4.69, 9.17) is 15.1 Å². The Morgan fingerprint density at radius 2 is 1.00 bits per heavy atom. The molecule has 0 saturated heterocycles. The van der Waals surface area contributed by atoms with E-state index in [0.717, 1.165) is 11.1 Å². The van der Waals surface area contributed by atoms with Crippen LogP contribution in [0.15, 0.2) is 60.7 Å². The highest BCUT2D eigenvalue weighted by atomic mass is 16.5. The monoisotopic (exact) mass is 332 g/mol. The molecular weight excluding hydrogens is 307 g/mol. The van der Waals surface area contributed by atoms with E-state index in [-0.39, 0.29) is 5.92 Å². The van der Waals surface area contributed by atoms with Crippen molar-refractivity contribution in [3.63, 3.8) is 0 Å². The van der Waals surface area contributed by atoms with Gasteiger partial charge in [-0.3, -0.25) is 0 Å². The maximum Gasteiger partial charge on any atom is 0.631 e. The number of benzene rings is 2. The van der Waals surface area contributed by atoms with E-state index in [9.17, 15) is 10.2 Å². The van der Waals surface area contributed by atoms with E-state index in [1.54, 1.807) is 20.8 Å². The zero-order chi connectivity index (χ0) is 18.4. The third-order valence-electron chi connectivity index (χ3n) is 4.07. The summed E-state index contributed by atoms with van der Waals surface area (Å²) in [5.74, 6) is -0.287. The average molecular weight is 332 g/mol. The fourth-order valence-electron chi connectivity index (χ4n) is 2.49. The fourth-order valence-corrected chi connectivity index (χ4v) is 2.49. The van der Waals surface area contributed by atoms with Crippen LogP contribution in [0, 0.1) is 0 Å². The summed E-state index contributed by atoms with van der Waals surface area (Å²) < 4.78 is 0. The third-order valence-corrected chi connectivity index (χ3v) is 4.07. The molecule has 0 fully saturated rings. The molecule has 0 radical (unpaired) electrons. The fraction of sp³-hybridized carbons (Fsp3) is 0.333. The van der Waals surface area contributed by atoms with E-state index < -0.39 is 18.5 Å². The summed E-state index contributed by atoms with van der Waals surface area (Å²) in [6, 6.07) is 19.6. The molecule has 0 aliphatic heterocycles. The van der Waals surface area contributed by atoms with E-state index in [2.05, 4.69) is 0 Å². The van der Waals surface area contributed by atoms with Gasteiger partial charge in [-0.1, -0.05) is 60.7 Å². The van der Waals surface area contributed by atoms with Crippen LogP contribution in [0.25, 0.3) is 0 Å². The minimum absolute atomic E-state index is 0.287. The van der Waals surface area contributed by atoms with E-state index in [1.165, 1.54) is 0 Å². The second-order valence-corrected chi connectivity index (χ2v) is 6.31. The van der Waals surface area contributed by atoms with Gasteiger partial charge in [0, 0.05) is 5.92 Å². The zero-order valence-corrected chi connectivity index (χ0v) is 14.2. The van der Waals surface area contributed by atoms with Gasteiger partial charge in [0.05, 0.1) is 5.60 Å². The van der Waals surface area contributed by atoms with Crippen LogP contribution in [0.1, 0.15) is 37.8 Å². The van der Waals surface area contributed by atoms with Gasteiger partial charge in [-0.15, -0.1) is 0 Å². The summed E-state index contributed by atoms with van der Waals surface area (Å²) in [7, 11) is -2.17. The molecule has 130 valence electrons. The molecule has 1 atom stereocenters. The number of hydrogen-bond donors (Lipinski definition) is 5. The minimum atomic E-state index is -2.17. The molecule has 0 aliphatic carbocycles. The van der Waals surface area contributed by atoms with Crippen LogP contribution in [-0.4, -0.2) is 43.8 Å². The van der Waals surface area contributed by atoms with Crippen LogP contribution in [0.2, 0.25) is 0 Å². The van der Waals surface area contributed by atoms with Gasteiger partial charge in [-0.05, 0) is 31.9 Å². The molecule has 0 aromatic heterocycles. The molecule has 0 saturated carbocycles. The molecule has 2 aromatic carbocycles. The first-order chi connectivity index (χ1) is 11.1. The van der Waals surface area contributed by atoms with Gasteiger partial charge in [-0.25, -0.2) is 0 Å². The standard InChI is InChI=1S/C18H22O2.BH3O3/c1-17(2,19)18(3,20)16(14-10-6-4-7-11-14)15-12-8-5-9-13-15;2-1(3)4/h4-13,16,19-20H,1-3H3;2-4H. The van der Waals surface area contributed by atoms with E-state index in [1.807, 2.05) is 60.7 Å². The van der Waals surface area contributed by atoms with Crippen molar-refractivity contribution >= 4 is 7.32 Å². The lowest BCUT2D eigenvalue weighted by atomic mass is 9.70. The Hall–Kier alpha value is -1.70. The molecule has 0 aliphatic rings. The molecule has 0 bridgehead atoms. The van der Waals surface area contributed by atoms with Crippen molar-refractivity contribution in [1.29, 1.82) is 0 Å². The maximum absolute atomic E-state index is 11.0. The zero-order valence-electron chi connectivity index (χ0n) is 14.2. The van der Waals surface area contributed by atoms with Crippen molar-refractivity contribution in [3.8, 4) is 0 Å². The smallest absolute Gasteiger partial charge is 0.402 e. The summed E-state index contributed by atoms with van der Waals surface area (Å²) in [6.07, 6.45) is 0. The Morgan fingerprint density at radius 3 is 1.25 bits per heavy atom. The SMILES string of the molecule is CC(C)(O)C(C)(O)C(c1ccccc1)c1ccccc1.OB(O)O. The largest absolute Gasteiger partial charge is 0.631 e. The van der Waals surface area contributed by atoms with Gasteiger partial charge in [0.2, 0.25) is 0 Å². The lowest BCUT2D eigenvalue weighted by molar-refractivity contribution is -0.128. The second kappa shape index (κ2) is 8.42. The van der Waals surface area contributed by atoms with Crippen LogP contribution >= 0.6 is 0 Å². The highest BCUT2D eigenvalue weighted by Crippen LogP contribution is 2.40. The van der Waals surface area contributed by atoms with Gasteiger partial charge in [-0.2, -0.15) is 0 Å². The minimum Gasteiger partial charge on any atom is -0.402 e. The molecular formula is C18H25BO5. The Kier molecular flexibility index (Phi) is 7.14. The summed E-state index contributed by atoms with van der Waals surface area (Å²) in [4.78, 5) is 0. The molecule has 24 heavy (non-hydrogen) atoms. The van der Waals surface area contributed by atoms with Crippen LogP contribution in [0.3, 0.4) is 0 Å². The molecule has 0 heterocycles. The van der Waals surface area contributed by atoms with Crippen molar-refractivity contribution in [2.45, 2.75) is 37.9 Å². The number of aliphatic hydroxyl groups is 2. The molecule has 0 spiro atoms. The normalized spacial score (nSPS) is 13.7.